The molecular weight excluding hydrogens is 220 g/mol. The smallest absolute Gasteiger partial charge is 0.119 e. The third-order valence-corrected chi connectivity index (χ3v) is 3.29. The minimum Gasteiger partial charge on any atom is -0.494 e. The van der Waals surface area contributed by atoms with E-state index in [9.17, 15) is 0 Å². The average Bonchev–Trinajstić information content (AvgIpc) is 2.46. The van der Waals surface area contributed by atoms with Gasteiger partial charge in [-0.1, -0.05) is 31.9 Å². The predicted molar refractivity (Wildman–Crippen MR) is 77.2 cm³/mol. The molecule has 0 amide bonds. The molecule has 0 unspecified atom stereocenters. The minimum atomic E-state index is -1.85. The third-order valence-electron chi connectivity index (χ3n) is 3.29. The molecule has 0 atom stereocenters. The van der Waals surface area contributed by atoms with Crippen molar-refractivity contribution in [2.24, 2.45) is 5.89 Å². The van der Waals surface area contributed by atoms with Crippen molar-refractivity contribution in [1.82, 2.24) is 0 Å². The highest BCUT2D eigenvalue weighted by Gasteiger charge is 2.21. The fourth-order valence-electron chi connectivity index (χ4n) is 2.29. The molecule has 18 heavy (non-hydrogen) atoms. The van der Waals surface area contributed by atoms with E-state index < -0.39 is 18.6 Å². The second-order valence-corrected chi connectivity index (χ2v) is 4.69. The Labute approximate surface area is 119 Å². The second-order valence-electron chi connectivity index (χ2n) is 4.69. The van der Waals surface area contributed by atoms with Crippen LogP contribution in [0.5, 0.6) is 5.75 Å². The topological polar surface area (TPSA) is 9.23 Å². The Morgan fingerprint density at radius 2 is 1.89 bits per heavy atom. The number of rotatable bonds is 5. The maximum Gasteiger partial charge on any atom is 0.119 e. The average molecular weight is 251 g/mol. The van der Waals surface area contributed by atoms with E-state index in [1.165, 1.54) is 0 Å². The normalized spacial score (nSPS) is 37.7. The van der Waals surface area contributed by atoms with Crippen molar-refractivity contribution in [2.75, 3.05) is 6.61 Å². The largest absolute Gasteiger partial charge is 0.494 e. The summed E-state index contributed by atoms with van der Waals surface area (Å²) < 4.78 is 47.3. The first kappa shape index (κ1) is 8.24. The van der Waals surface area contributed by atoms with Crippen molar-refractivity contribution in [2.45, 2.75) is 58.2 Å². The Morgan fingerprint density at radius 3 is 2.44 bits per heavy atom. The Hall–Kier alpha value is -0.980. The van der Waals surface area contributed by atoms with Gasteiger partial charge in [-0.3, -0.25) is 0 Å². The fraction of sp³-hybridized carbons (Fsp3) is 0.647. The van der Waals surface area contributed by atoms with Gasteiger partial charge >= 0.3 is 0 Å². The molecule has 0 radical (unpaired) electrons. The van der Waals surface area contributed by atoms with Gasteiger partial charge in [0.05, 0.1) is 6.61 Å². The first-order valence-corrected chi connectivity index (χ1v) is 6.89. The standard InChI is InChI=1S/C17H26O/c1-3-5-14-6-8-15(9-7-14)16-10-12-17(13-11-16)18-4-2/h10-15H,3-9H2,1-2H3/i6D2,7D2,14D. The first-order valence-electron chi connectivity index (χ1n) is 9.39. The van der Waals surface area contributed by atoms with Gasteiger partial charge in [-0.2, -0.15) is 0 Å². The molecular formula is C17H26O. The zero-order valence-corrected chi connectivity index (χ0v) is 11.3. The molecule has 0 heterocycles. The van der Waals surface area contributed by atoms with E-state index >= 15 is 0 Å². The summed E-state index contributed by atoms with van der Waals surface area (Å²) in [5, 5.41) is 0. The summed E-state index contributed by atoms with van der Waals surface area (Å²) in [5.74, 6) is -1.14. The van der Waals surface area contributed by atoms with Gasteiger partial charge in [-0.25, -0.2) is 0 Å². The Kier molecular flexibility index (Phi) is 3.12. The molecule has 0 bridgehead atoms. The van der Waals surface area contributed by atoms with Crippen LogP contribution in [0.2, 0.25) is 0 Å². The van der Waals surface area contributed by atoms with E-state index in [1.54, 1.807) is 0 Å². The van der Waals surface area contributed by atoms with Crippen LogP contribution >= 0.6 is 0 Å². The minimum absolute atomic E-state index is 0.185. The molecule has 0 aromatic heterocycles. The van der Waals surface area contributed by atoms with Crippen LogP contribution in [-0.2, 0) is 0 Å². The molecule has 1 aromatic rings. The lowest BCUT2D eigenvalue weighted by atomic mass is 9.77. The number of ether oxygens (including phenoxy) is 1. The van der Waals surface area contributed by atoms with Crippen LogP contribution in [0.25, 0.3) is 0 Å². The molecule has 1 heteroatoms. The van der Waals surface area contributed by atoms with E-state index in [2.05, 4.69) is 0 Å². The molecule has 1 aliphatic rings. The van der Waals surface area contributed by atoms with Crippen molar-refractivity contribution < 1.29 is 11.6 Å². The predicted octanol–water partition coefficient (Wildman–Crippen LogP) is 5.16. The van der Waals surface area contributed by atoms with Gasteiger partial charge in [0.2, 0.25) is 0 Å². The van der Waals surface area contributed by atoms with Gasteiger partial charge in [-0.05, 0) is 62.0 Å². The molecule has 1 aliphatic carbocycles. The molecule has 1 nitrogen and oxygen atoms in total. The summed E-state index contributed by atoms with van der Waals surface area (Å²) in [7, 11) is 0. The quantitative estimate of drug-likeness (QED) is 0.702. The maximum atomic E-state index is 8.50. The Balaban J connectivity index is 2.27. The molecule has 1 saturated carbocycles. The van der Waals surface area contributed by atoms with Crippen LogP contribution in [0.1, 0.15) is 70.6 Å². The van der Waals surface area contributed by atoms with Gasteiger partial charge in [0.25, 0.3) is 0 Å². The van der Waals surface area contributed by atoms with E-state index in [0.29, 0.717) is 13.0 Å². The Morgan fingerprint density at radius 1 is 1.22 bits per heavy atom. The van der Waals surface area contributed by atoms with Gasteiger partial charge in [0.15, 0.2) is 0 Å². The zero-order valence-electron chi connectivity index (χ0n) is 16.3. The lowest BCUT2D eigenvalue weighted by molar-refractivity contribution is 0.308. The Bertz CT molecular complexity index is 508. The number of hydrogen-bond acceptors (Lipinski definition) is 1. The third kappa shape index (κ3) is 3.51. The van der Waals surface area contributed by atoms with E-state index in [-0.39, 0.29) is 25.2 Å². The summed E-state index contributed by atoms with van der Waals surface area (Å²) >= 11 is 0. The first-order chi connectivity index (χ1) is 10.7. The van der Waals surface area contributed by atoms with E-state index in [1.807, 2.05) is 38.1 Å². The van der Waals surface area contributed by atoms with Crippen LogP contribution < -0.4 is 4.74 Å². The summed E-state index contributed by atoms with van der Waals surface area (Å²) in [6.07, 6.45) is -2.49. The van der Waals surface area contributed by atoms with Crippen molar-refractivity contribution in [1.29, 1.82) is 0 Å². The molecule has 0 saturated heterocycles. The lowest BCUT2D eigenvalue weighted by Gasteiger charge is -2.28. The molecule has 0 aliphatic heterocycles. The summed E-state index contributed by atoms with van der Waals surface area (Å²) in [6.45, 7) is 4.38. The van der Waals surface area contributed by atoms with Gasteiger partial charge < -0.3 is 4.74 Å². The SMILES string of the molecule is [2H]C1([2H])CC(c2ccc(OCC)cc2)CC([2H])([2H])C1([2H])CCC. The van der Waals surface area contributed by atoms with Crippen LogP contribution in [0.15, 0.2) is 24.3 Å². The summed E-state index contributed by atoms with van der Waals surface area (Å²) in [4.78, 5) is 0. The second kappa shape index (κ2) is 6.82. The maximum absolute atomic E-state index is 8.50. The summed E-state index contributed by atoms with van der Waals surface area (Å²) in [6, 6.07) is 7.47. The highest BCUT2D eigenvalue weighted by atomic mass is 16.5. The monoisotopic (exact) mass is 251 g/mol. The molecule has 0 N–H and O–H groups in total. The van der Waals surface area contributed by atoms with Crippen molar-refractivity contribution in [3.8, 4) is 5.75 Å². The zero-order chi connectivity index (χ0) is 17.3. The van der Waals surface area contributed by atoms with Gasteiger partial charge in [0.1, 0.15) is 5.75 Å². The highest BCUT2D eigenvalue weighted by molar-refractivity contribution is 5.29. The van der Waals surface area contributed by atoms with Crippen LogP contribution in [0, 0.1) is 5.89 Å². The summed E-state index contributed by atoms with van der Waals surface area (Å²) in [5.41, 5.74) is 0.916. The fourth-order valence-corrected chi connectivity index (χ4v) is 2.29. The molecule has 0 spiro atoms. The van der Waals surface area contributed by atoms with Crippen molar-refractivity contribution in [3.05, 3.63) is 29.8 Å². The molecule has 100 valence electrons. The lowest BCUT2D eigenvalue weighted by Crippen LogP contribution is -2.13. The molecule has 1 fully saturated rings. The highest BCUT2D eigenvalue weighted by Crippen LogP contribution is 2.37. The van der Waals surface area contributed by atoms with Crippen LogP contribution in [-0.4, -0.2) is 6.61 Å². The van der Waals surface area contributed by atoms with Crippen molar-refractivity contribution in [3.63, 3.8) is 0 Å². The van der Waals surface area contributed by atoms with E-state index in [4.69, 9.17) is 11.6 Å². The number of benzene rings is 1. The molecule has 2 rings (SSSR count). The van der Waals surface area contributed by atoms with E-state index in [0.717, 1.165) is 11.3 Å². The number of hydrogen-bond donors (Lipinski definition) is 0. The van der Waals surface area contributed by atoms with Gasteiger partial charge in [-0.15, -0.1) is 0 Å². The van der Waals surface area contributed by atoms with Crippen LogP contribution in [0.3, 0.4) is 0 Å². The van der Waals surface area contributed by atoms with Gasteiger partial charge in [0, 0.05) is 6.85 Å². The van der Waals surface area contributed by atoms with Crippen LogP contribution in [0.4, 0.5) is 0 Å². The molecule has 1 aromatic carbocycles. The van der Waals surface area contributed by atoms with Crippen molar-refractivity contribution >= 4 is 0 Å².